The van der Waals surface area contributed by atoms with E-state index >= 15 is 0 Å². The largest absolute Gasteiger partial charge is 0.356 e. The Kier molecular flexibility index (Phi) is 2.89. The number of aromatic nitrogens is 1. The third-order valence-corrected chi connectivity index (χ3v) is 4.33. The van der Waals surface area contributed by atoms with E-state index in [4.69, 9.17) is 0 Å². The van der Waals surface area contributed by atoms with Gasteiger partial charge in [-0.15, -0.1) is 0 Å². The van der Waals surface area contributed by atoms with Crippen LogP contribution in [0.2, 0.25) is 0 Å². The molecule has 3 heterocycles. The molecule has 1 spiro atoms. The first kappa shape index (κ1) is 12.3. The van der Waals surface area contributed by atoms with Crippen molar-refractivity contribution < 1.29 is 4.92 Å². The van der Waals surface area contributed by atoms with E-state index in [1.54, 1.807) is 19.1 Å². The summed E-state index contributed by atoms with van der Waals surface area (Å²) in [5.74, 6) is 0.867. The summed E-state index contributed by atoms with van der Waals surface area (Å²) in [7, 11) is 0. The highest BCUT2D eigenvalue weighted by atomic mass is 16.6. The maximum atomic E-state index is 10.8. The lowest BCUT2D eigenvalue weighted by Crippen LogP contribution is -2.29. The fourth-order valence-electron chi connectivity index (χ4n) is 3.18. The molecule has 2 aliphatic rings. The van der Waals surface area contributed by atoms with Crippen LogP contribution in [0, 0.1) is 22.5 Å². The number of nitro groups is 1. The van der Waals surface area contributed by atoms with Crippen LogP contribution in [-0.4, -0.2) is 36.1 Å². The fourth-order valence-corrected chi connectivity index (χ4v) is 3.18. The van der Waals surface area contributed by atoms with Gasteiger partial charge in [0.25, 0.3) is 5.69 Å². The Morgan fingerprint density at radius 2 is 2.32 bits per heavy atom. The highest BCUT2D eigenvalue weighted by molar-refractivity contribution is 5.48. The van der Waals surface area contributed by atoms with Gasteiger partial charge in [-0.2, -0.15) is 0 Å². The minimum Gasteiger partial charge on any atom is -0.356 e. The van der Waals surface area contributed by atoms with Crippen molar-refractivity contribution in [2.24, 2.45) is 5.41 Å². The smallest absolute Gasteiger partial charge is 0.290 e. The van der Waals surface area contributed by atoms with Crippen molar-refractivity contribution in [1.29, 1.82) is 0 Å². The maximum Gasteiger partial charge on any atom is 0.290 e. The molecule has 0 saturated carbocycles. The Balaban J connectivity index is 1.80. The van der Waals surface area contributed by atoms with Crippen molar-refractivity contribution >= 4 is 11.5 Å². The second-order valence-electron chi connectivity index (χ2n) is 5.63. The molecule has 6 nitrogen and oxygen atoms in total. The molecule has 6 heteroatoms. The van der Waals surface area contributed by atoms with Crippen molar-refractivity contribution in [3.8, 4) is 0 Å². The standard InChI is InChI=1S/C13H18N4O2/c1-10-11(17(18)19)2-3-12(15-10)16-7-5-13(9-16)4-6-14-8-13/h2-3,14H,4-9H2,1H3. The molecule has 1 aromatic heterocycles. The van der Waals surface area contributed by atoms with Crippen LogP contribution in [0.1, 0.15) is 18.5 Å². The Bertz CT molecular complexity index is 511. The van der Waals surface area contributed by atoms with Gasteiger partial charge in [-0.25, -0.2) is 4.98 Å². The van der Waals surface area contributed by atoms with Crippen LogP contribution in [0.25, 0.3) is 0 Å². The Morgan fingerprint density at radius 3 is 2.95 bits per heavy atom. The highest BCUT2D eigenvalue weighted by Crippen LogP contribution is 2.38. The van der Waals surface area contributed by atoms with E-state index < -0.39 is 0 Å². The highest BCUT2D eigenvalue weighted by Gasteiger charge is 2.40. The van der Waals surface area contributed by atoms with Gasteiger partial charge in [0, 0.05) is 31.1 Å². The Hall–Kier alpha value is -1.69. The zero-order chi connectivity index (χ0) is 13.5. The summed E-state index contributed by atoms with van der Waals surface area (Å²) in [5.41, 5.74) is 0.977. The van der Waals surface area contributed by atoms with Gasteiger partial charge in [-0.3, -0.25) is 10.1 Å². The Morgan fingerprint density at radius 1 is 1.47 bits per heavy atom. The van der Waals surface area contributed by atoms with Gasteiger partial charge < -0.3 is 10.2 Å². The lowest BCUT2D eigenvalue weighted by molar-refractivity contribution is -0.385. The molecule has 2 saturated heterocycles. The van der Waals surface area contributed by atoms with Crippen LogP contribution in [0.4, 0.5) is 11.5 Å². The molecular formula is C13H18N4O2. The minimum absolute atomic E-state index is 0.0974. The average Bonchev–Trinajstić information content (AvgIpc) is 3.00. The predicted molar refractivity (Wildman–Crippen MR) is 72.4 cm³/mol. The molecule has 0 aliphatic carbocycles. The van der Waals surface area contributed by atoms with Crippen molar-refractivity contribution in [3.63, 3.8) is 0 Å². The topological polar surface area (TPSA) is 71.3 Å². The molecule has 0 bridgehead atoms. The van der Waals surface area contributed by atoms with Crippen LogP contribution in [0.5, 0.6) is 0 Å². The fraction of sp³-hybridized carbons (Fsp3) is 0.615. The van der Waals surface area contributed by atoms with Gasteiger partial charge in [0.1, 0.15) is 11.5 Å². The van der Waals surface area contributed by atoms with Crippen molar-refractivity contribution in [2.75, 3.05) is 31.1 Å². The van der Waals surface area contributed by atoms with E-state index in [1.165, 1.54) is 12.8 Å². The van der Waals surface area contributed by atoms with Gasteiger partial charge >= 0.3 is 0 Å². The second-order valence-corrected chi connectivity index (χ2v) is 5.63. The lowest BCUT2D eigenvalue weighted by Gasteiger charge is -2.23. The Labute approximate surface area is 112 Å². The monoisotopic (exact) mass is 262 g/mol. The lowest BCUT2D eigenvalue weighted by atomic mass is 9.87. The molecule has 0 radical (unpaired) electrons. The molecule has 19 heavy (non-hydrogen) atoms. The third kappa shape index (κ3) is 2.16. The van der Waals surface area contributed by atoms with Crippen LogP contribution in [0.3, 0.4) is 0 Å². The zero-order valence-corrected chi connectivity index (χ0v) is 11.1. The SMILES string of the molecule is Cc1nc(N2CCC3(CCNC3)C2)ccc1[N+](=O)[O-]. The second kappa shape index (κ2) is 4.45. The molecule has 1 N–H and O–H groups in total. The molecule has 1 atom stereocenters. The molecule has 2 aliphatic heterocycles. The average molecular weight is 262 g/mol. The van der Waals surface area contributed by atoms with E-state index in [0.29, 0.717) is 11.1 Å². The van der Waals surface area contributed by atoms with Gasteiger partial charge in [-0.1, -0.05) is 0 Å². The number of hydrogen-bond acceptors (Lipinski definition) is 5. The van der Waals surface area contributed by atoms with Crippen LogP contribution in [0.15, 0.2) is 12.1 Å². The summed E-state index contributed by atoms with van der Waals surface area (Å²) in [6, 6.07) is 3.34. The molecule has 3 rings (SSSR count). The summed E-state index contributed by atoms with van der Waals surface area (Å²) in [5, 5.41) is 14.2. The molecule has 0 aromatic carbocycles. The summed E-state index contributed by atoms with van der Waals surface area (Å²) < 4.78 is 0. The van der Waals surface area contributed by atoms with Gasteiger partial charge in [0.2, 0.25) is 0 Å². The van der Waals surface area contributed by atoms with Crippen molar-refractivity contribution in [3.05, 3.63) is 27.9 Å². The van der Waals surface area contributed by atoms with E-state index in [-0.39, 0.29) is 10.6 Å². The predicted octanol–water partition coefficient (Wildman–Crippen LogP) is 1.49. The van der Waals surface area contributed by atoms with Gasteiger partial charge in [-0.05, 0) is 32.4 Å². The number of hydrogen-bond donors (Lipinski definition) is 1. The van der Waals surface area contributed by atoms with E-state index in [9.17, 15) is 10.1 Å². The molecule has 1 unspecified atom stereocenters. The first-order chi connectivity index (χ1) is 9.10. The van der Waals surface area contributed by atoms with E-state index in [0.717, 1.165) is 32.0 Å². The quantitative estimate of drug-likeness (QED) is 0.646. The number of aryl methyl sites for hydroxylation is 1. The van der Waals surface area contributed by atoms with E-state index in [1.807, 2.05) is 0 Å². The van der Waals surface area contributed by atoms with Gasteiger partial charge in [0.15, 0.2) is 0 Å². The normalized spacial score (nSPS) is 26.3. The van der Waals surface area contributed by atoms with Crippen molar-refractivity contribution in [2.45, 2.75) is 19.8 Å². The summed E-state index contributed by atoms with van der Waals surface area (Å²) in [6.07, 6.45) is 2.40. The molecule has 2 fully saturated rings. The van der Waals surface area contributed by atoms with Crippen LogP contribution < -0.4 is 10.2 Å². The summed E-state index contributed by atoms with van der Waals surface area (Å²) in [6.45, 7) is 5.87. The summed E-state index contributed by atoms with van der Waals surface area (Å²) >= 11 is 0. The number of anilines is 1. The molecule has 1 aromatic rings. The number of nitrogens with one attached hydrogen (secondary N) is 1. The summed E-state index contributed by atoms with van der Waals surface area (Å²) in [4.78, 5) is 17.1. The minimum atomic E-state index is -0.377. The zero-order valence-electron chi connectivity index (χ0n) is 11.1. The van der Waals surface area contributed by atoms with Crippen LogP contribution >= 0.6 is 0 Å². The molecule has 0 amide bonds. The molecule has 102 valence electrons. The third-order valence-electron chi connectivity index (χ3n) is 4.33. The first-order valence-electron chi connectivity index (χ1n) is 6.67. The van der Waals surface area contributed by atoms with Gasteiger partial charge in [0.05, 0.1) is 4.92 Å². The number of nitrogens with zero attached hydrogens (tertiary/aromatic N) is 3. The number of pyridine rings is 1. The number of rotatable bonds is 2. The first-order valence-corrected chi connectivity index (χ1v) is 6.67. The molecular weight excluding hydrogens is 244 g/mol. The maximum absolute atomic E-state index is 10.8. The van der Waals surface area contributed by atoms with E-state index in [2.05, 4.69) is 15.2 Å². The van der Waals surface area contributed by atoms with Crippen molar-refractivity contribution in [1.82, 2.24) is 10.3 Å². The van der Waals surface area contributed by atoms with Crippen LogP contribution in [-0.2, 0) is 0 Å².